The van der Waals surface area contributed by atoms with E-state index in [2.05, 4.69) is 86.0 Å². The highest BCUT2D eigenvalue weighted by Gasteiger charge is 2.10. The van der Waals surface area contributed by atoms with E-state index < -0.39 is 0 Å². The third kappa shape index (κ3) is 4.97. The quantitative estimate of drug-likeness (QED) is 0.495. The molecule has 0 atom stereocenters. The molecule has 0 saturated heterocycles. The molecule has 0 radical (unpaired) electrons. The van der Waals surface area contributed by atoms with Crippen molar-refractivity contribution in [2.45, 2.75) is 12.8 Å². The SMILES string of the molecule is CN(C)CCCOc1ccc2c(c1)c1ccc(OCCCN(C)C)cc1n2C. The van der Waals surface area contributed by atoms with Gasteiger partial charge in [-0.05, 0) is 71.4 Å². The van der Waals surface area contributed by atoms with E-state index in [1.807, 2.05) is 0 Å². The average molecular weight is 384 g/mol. The second kappa shape index (κ2) is 9.30. The highest BCUT2D eigenvalue weighted by molar-refractivity contribution is 6.08. The summed E-state index contributed by atoms with van der Waals surface area (Å²) in [6.45, 7) is 3.54. The van der Waals surface area contributed by atoms with Gasteiger partial charge in [0.1, 0.15) is 11.5 Å². The number of hydrogen-bond donors (Lipinski definition) is 0. The monoisotopic (exact) mass is 383 g/mol. The normalized spacial score (nSPS) is 11.8. The lowest BCUT2D eigenvalue weighted by Gasteiger charge is -2.10. The largest absolute Gasteiger partial charge is 0.494 e. The van der Waals surface area contributed by atoms with Gasteiger partial charge in [-0.1, -0.05) is 0 Å². The van der Waals surface area contributed by atoms with E-state index in [0.29, 0.717) is 0 Å². The van der Waals surface area contributed by atoms with Gasteiger partial charge in [0, 0.05) is 42.5 Å². The Bertz CT molecular complexity index is 915. The molecule has 5 nitrogen and oxygen atoms in total. The van der Waals surface area contributed by atoms with E-state index in [1.54, 1.807) is 0 Å². The van der Waals surface area contributed by atoms with E-state index in [4.69, 9.17) is 9.47 Å². The van der Waals surface area contributed by atoms with Gasteiger partial charge in [0.25, 0.3) is 0 Å². The van der Waals surface area contributed by atoms with E-state index in [1.165, 1.54) is 21.8 Å². The lowest BCUT2D eigenvalue weighted by atomic mass is 10.1. The van der Waals surface area contributed by atoms with Crippen LogP contribution in [0.4, 0.5) is 0 Å². The van der Waals surface area contributed by atoms with Crippen molar-refractivity contribution >= 4 is 21.8 Å². The summed E-state index contributed by atoms with van der Waals surface area (Å²) in [7, 11) is 10.5. The predicted octanol–water partition coefficient (Wildman–Crippen LogP) is 3.99. The van der Waals surface area contributed by atoms with Crippen LogP contribution in [0.1, 0.15) is 12.8 Å². The molecular formula is C23H33N3O2. The summed E-state index contributed by atoms with van der Waals surface area (Å²) >= 11 is 0. The van der Waals surface area contributed by atoms with E-state index in [9.17, 15) is 0 Å². The van der Waals surface area contributed by atoms with Crippen molar-refractivity contribution in [3.8, 4) is 11.5 Å². The number of benzene rings is 2. The van der Waals surface area contributed by atoms with Crippen LogP contribution < -0.4 is 9.47 Å². The van der Waals surface area contributed by atoms with Gasteiger partial charge in [0.05, 0.1) is 18.7 Å². The Morgan fingerprint density at radius 1 is 0.714 bits per heavy atom. The number of ether oxygens (including phenoxy) is 2. The number of hydrogen-bond acceptors (Lipinski definition) is 4. The minimum absolute atomic E-state index is 0.735. The molecule has 0 unspecified atom stereocenters. The first-order valence-corrected chi connectivity index (χ1v) is 10.0. The molecule has 3 aromatic rings. The first-order chi connectivity index (χ1) is 13.5. The molecule has 0 saturated carbocycles. The molecule has 1 aromatic heterocycles. The Hall–Kier alpha value is -2.24. The number of nitrogens with zero attached hydrogens (tertiary/aromatic N) is 3. The molecular weight excluding hydrogens is 350 g/mol. The van der Waals surface area contributed by atoms with Crippen LogP contribution in [-0.4, -0.2) is 68.9 Å². The standard InChI is InChI=1S/C23H33N3O2/c1-24(2)12-6-14-27-18-9-11-22-21(16-18)20-10-8-19(17-23(20)26(22)5)28-15-7-13-25(3)4/h8-11,16-17H,6-7,12-15H2,1-5H3. The Morgan fingerprint density at radius 2 is 1.29 bits per heavy atom. The zero-order valence-corrected chi connectivity index (χ0v) is 17.9. The molecule has 28 heavy (non-hydrogen) atoms. The van der Waals surface area contributed by atoms with Crippen molar-refractivity contribution in [1.29, 1.82) is 0 Å². The zero-order valence-electron chi connectivity index (χ0n) is 17.9. The molecule has 0 aliphatic carbocycles. The van der Waals surface area contributed by atoms with Crippen LogP contribution in [0, 0.1) is 0 Å². The zero-order chi connectivity index (χ0) is 20.1. The molecule has 2 aromatic carbocycles. The molecule has 3 rings (SSSR count). The maximum atomic E-state index is 5.97. The van der Waals surface area contributed by atoms with Gasteiger partial charge in [-0.2, -0.15) is 0 Å². The van der Waals surface area contributed by atoms with Gasteiger partial charge in [0.15, 0.2) is 0 Å². The third-order valence-corrected chi connectivity index (χ3v) is 4.99. The number of rotatable bonds is 10. The van der Waals surface area contributed by atoms with Gasteiger partial charge < -0.3 is 23.8 Å². The molecule has 1 heterocycles. The van der Waals surface area contributed by atoms with E-state index in [-0.39, 0.29) is 0 Å². The first kappa shape index (κ1) is 20.5. The summed E-state index contributed by atoms with van der Waals surface area (Å²) in [6.07, 6.45) is 2.05. The maximum absolute atomic E-state index is 5.97. The van der Waals surface area contributed by atoms with Crippen molar-refractivity contribution in [2.75, 3.05) is 54.5 Å². The number of aryl methyl sites for hydroxylation is 1. The number of fused-ring (bicyclic) bond motifs is 3. The fourth-order valence-electron chi connectivity index (χ4n) is 3.49. The summed E-state index contributed by atoms with van der Waals surface area (Å²) < 4.78 is 14.2. The van der Waals surface area contributed by atoms with E-state index >= 15 is 0 Å². The minimum Gasteiger partial charge on any atom is -0.494 e. The van der Waals surface area contributed by atoms with Crippen molar-refractivity contribution < 1.29 is 9.47 Å². The third-order valence-electron chi connectivity index (χ3n) is 4.99. The van der Waals surface area contributed by atoms with Crippen LogP contribution in [0.15, 0.2) is 36.4 Å². The minimum atomic E-state index is 0.735. The predicted molar refractivity (Wildman–Crippen MR) is 118 cm³/mol. The molecule has 0 spiro atoms. The highest BCUT2D eigenvalue weighted by atomic mass is 16.5. The van der Waals surface area contributed by atoms with Crippen LogP contribution in [0.2, 0.25) is 0 Å². The summed E-state index contributed by atoms with van der Waals surface area (Å²) in [5.74, 6) is 1.86. The second-order valence-electron chi connectivity index (χ2n) is 7.93. The Kier molecular flexibility index (Phi) is 6.81. The van der Waals surface area contributed by atoms with Gasteiger partial charge in [-0.25, -0.2) is 0 Å². The van der Waals surface area contributed by atoms with Gasteiger partial charge in [-0.3, -0.25) is 0 Å². The topological polar surface area (TPSA) is 29.9 Å². The first-order valence-electron chi connectivity index (χ1n) is 10.0. The summed E-state index contributed by atoms with van der Waals surface area (Å²) in [5, 5.41) is 2.46. The van der Waals surface area contributed by atoms with Gasteiger partial charge in [0.2, 0.25) is 0 Å². The fourth-order valence-corrected chi connectivity index (χ4v) is 3.49. The van der Waals surface area contributed by atoms with Crippen molar-refractivity contribution in [1.82, 2.24) is 14.4 Å². The molecule has 0 aliphatic rings. The van der Waals surface area contributed by atoms with Crippen molar-refractivity contribution in [3.63, 3.8) is 0 Å². The molecule has 0 N–H and O–H groups in total. The van der Waals surface area contributed by atoms with Gasteiger partial charge in [-0.15, -0.1) is 0 Å². The van der Waals surface area contributed by atoms with Crippen LogP contribution in [0.5, 0.6) is 11.5 Å². The van der Waals surface area contributed by atoms with Crippen LogP contribution >= 0.6 is 0 Å². The summed E-state index contributed by atoms with van der Waals surface area (Å²) in [6, 6.07) is 12.7. The summed E-state index contributed by atoms with van der Waals surface area (Å²) in [4.78, 5) is 4.36. The Morgan fingerprint density at radius 3 is 1.89 bits per heavy atom. The van der Waals surface area contributed by atoms with Gasteiger partial charge >= 0.3 is 0 Å². The Labute approximate surface area is 168 Å². The summed E-state index contributed by atoms with van der Waals surface area (Å²) in [5.41, 5.74) is 2.39. The maximum Gasteiger partial charge on any atom is 0.121 e. The lowest BCUT2D eigenvalue weighted by Crippen LogP contribution is -2.15. The van der Waals surface area contributed by atoms with Crippen molar-refractivity contribution in [3.05, 3.63) is 36.4 Å². The molecule has 152 valence electrons. The number of aromatic nitrogens is 1. The molecule has 5 heteroatoms. The molecule has 0 fully saturated rings. The van der Waals surface area contributed by atoms with E-state index in [0.717, 1.165) is 50.6 Å². The highest BCUT2D eigenvalue weighted by Crippen LogP contribution is 2.33. The smallest absolute Gasteiger partial charge is 0.121 e. The van der Waals surface area contributed by atoms with Crippen LogP contribution in [0.3, 0.4) is 0 Å². The second-order valence-corrected chi connectivity index (χ2v) is 7.93. The lowest BCUT2D eigenvalue weighted by molar-refractivity contribution is 0.282. The van der Waals surface area contributed by atoms with Crippen LogP contribution in [0.25, 0.3) is 21.8 Å². The molecule has 0 amide bonds. The molecule has 0 bridgehead atoms. The van der Waals surface area contributed by atoms with Crippen molar-refractivity contribution in [2.24, 2.45) is 7.05 Å². The fraction of sp³-hybridized carbons (Fsp3) is 0.478. The molecule has 0 aliphatic heterocycles. The Balaban J connectivity index is 1.75. The van der Waals surface area contributed by atoms with Crippen LogP contribution in [-0.2, 0) is 7.05 Å². The average Bonchev–Trinajstić information content (AvgIpc) is 2.94.